The number of nitro benzene ring substituents is 1. The summed E-state index contributed by atoms with van der Waals surface area (Å²) in [7, 11) is 1.35. The first-order chi connectivity index (χ1) is 16.8. The molecule has 1 aromatic heterocycles. The number of fused-ring (bicyclic) bond motifs is 1. The number of ether oxygens (including phenoxy) is 2. The smallest absolute Gasteiger partial charge is 0.338 e. The second kappa shape index (κ2) is 9.85. The number of esters is 1. The van der Waals surface area contributed by atoms with Gasteiger partial charge in [-0.2, -0.15) is 0 Å². The Balaban J connectivity index is 1.96. The van der Waals surface area contributed by atoms with E-state index in [0.29, 0.717) is 26.6 Å². The van der Waals surface area contributed by atoms with E-state index in [-0.39, 0.29) is 28.1 Å². The molecule has 3 aromatic rings. The average Bonchev–Trinajstić information content (AvgIpc) is 3.13. The van der Waals surface area contributed by atoms with Crippen LogP contribution in [0.25, 0.3) is 6.08 Å². The van der Waals surface area contributed by atoms with Crippen LogP contribution in [-0.4, -0.2) is 29.2 Å². The van der Waals surface area contributed by atoms with Crippen LogP contribution in [0.1, 0.15) is 31.0 Å². The number of hydrogen-bond acceptors (Lipinski definition) is 8. The van der Waals surface area contributed by atoms with Gasteiger partial charge in [0.05, 0.1) is 34.4 Å². The molecular weight excluding hydrogens is 494 g/mol. The van der Waals surface area contributed by atoms with Gasteiger partial charge in [0, 0.05) is 11.1 Å². The summed E-state index contributed by atoms with van der Waals surface area (Å²) in [5, 5.41) is 11.8. The van der Waals surface area contributed by atoms with E-state index in [4.69, 9.17) is 21.1 Å². The molecule has 0 bridgehead atoms. The van der Waals surface area contributed by atoms with E-state index < -0.39 is 22.5 Å². The molecule has 0 spiro atoms. The van der Waals surface area contributed by atoms with E-state index in [1.165, 1.54) is 23.8 Å². The molecule has 0 N–H and O–H groups in total. The maximum atomic E-state index is 13.6. The Morgan fingerprint density at radius 2 is 2.06 bits per heavy atom. The molecular formula is C24H20ClN3O6S. The third kappa shape index (κ3) is 4.50. The number of halogens is 1. The minimum atomic E-state index is -0.841. The lowest BCUT2D eigenvalue weighted by Crippen LogP contribution is -2.40. The number of rotatable bonds is 6. The summed E-state index contributed by atoms with van der Waals surface area (Å²) in [6.07, 6.45) is 1.54. The average molecular weight is 514 g/mol. The molecule has 4 rings (SSSR count). The minimum Gasteiger partial charge on any atom is -0.490 e. The van der Waals surface area contributed by atoms with E-state index in [1.807, 2.05) is 0 Å². The summed E-state index contributed by atoms with van der Waals surface area (Å²) in [6, 6.07) is 10.5. The maximum Gasteiger partial charge on any atom is 0.338 e. The van der Waals surface area contributed by atoms with Crippen LogP contribution in [0.4, 0.5) is 5.69 Å². The molecule has 0 radical (unpaired) electrons. The van der Waals surface area contributed by atoms with Crippen molar-refractivity contribution in [3.8, 4) is 5.75 Å². The molecule has 2 aromatic carbocycles. The molecule has 35 heavy (non-hydrogen) atoms. The number of thiazole rings is 1. The van der Waals surface area contributed by atoms with Crippen LogP contribution in [0.3, 0.4) is 0 Å². The molecule has 1 atom stereocenters. The van der Waals surface area contributed by atoms with Crippen molar-refractivity contribution < 1.29 is 19.2 Å². The fourth-order valence-corrected chi connectivity index (χ4v) is 5.16. The van der Waals surface area contributed by atoms with E-state index >= 15 is 0 Å². The molecule has 0 aliphatic carbocycles. The highest BCUT2D eigenvalue weighted by Crippen LogP contribution is 2.34. The van der Waals surface area contributed by atoms with Crippen LogP contribution < -0.4 is 19.6 Å². The first-order valence-electron chi connectivity index (χ1n) is 10.5. The molecule has 9 nitrogen and oxygen atoms in total. The van der Waals surface area contributed by atoms with Gasteiger partial charge >= 0.3 is 11.7 Å². The molecule has 11 heteroatoms. The second-order valence-corrected chi connectivity index (χ2v) is 8.93. The van der Waals surface area contributed by atoms with Gasteiger partial charge in [0.1, 0.15) is 6.04 Å². The van der Waals surface area contributed by atoms with Crippen molar-refractivity contribution in [2.45, 2.75) is 19.9 Å². The van der Waals surface area contributed by atoms with Gasteiger partial charge in [0.25, 0.3) is 5.56 Å². The number of nitro groups is 1. The summed E-state index contributed by atoms with van der Waals surface area (Å²) >= 11 is 7.60. The summed E-state index contributed by atoms with van der Waals surface area (Å²) in [5.41, 5.74) is 1.01. The van der Waals surface area contributed by atoms with Gasteiger partial charge in [-0.05, 0) is 43.2 Å². The lowest BCUT2D eigenvalue weighted by Gasteiger charge is -2.25. The number of methoxy groups -OCH3 is 1. The zero-order chi connectivity index (χ0) is 25.3. The van der Waals surface area contributed by atoms with Crippen molar-refractivity contribution >= 4 is 40.7 Å². The highest BCUT2D eigenvalue weighted by atomic mass is 35.5. The van der Waals surface area contributed by atoms with Gasteiger partial charge in [0.2, 0.25) is 0 Å². The molecule has 0 saturated heterocycles. The molecule has 0 saturated carbocycles. The SMILES string of the molecule is CCOC(=O)C1=C(C)N=c2s/c(=C\c3ccc(OC)c([N+](=O)[O-])c3)c(=O)n2[C@H]1c1ccccc1Cl. The van der Waals surface area contributed by atoms with Gasteiger partial charge in [-0.25, -0.2) is 9.79 Å². The standard InChI is InChI=1S/C24H20ClN3O6S/c1-4-34-23(30)20-13(2)26-24-27(21(20)15-7-5-6-8-16(15)25)22(29)19(35-24)12-14-9-10-18(33-3)17(11-14)28(31)32/h5-12,21H,4H2,1-3H3/b19-12-/t21-/m0/s1. The lowest BCUT2D eigenvalue weighted by atomic mass is 9.96. The number of benzene rings is 2. The minimum absolute atomic E-state index is 0.113. The first kappa shape index (κ1) is 24.4. The van der Waals surface area contributed by atoms with Crippen LogP contribution in [-0.2, 0) is 9.53 Å². The molecule has 0 fully saturated rings. The number of hydrogen-bond donors (Lipinski definition) is 0. The highest BCUT2D eigenvalue weighted by Gasteiger charge is 2.34. The van der Waals surface area contributed by atoms with Crippen molar-refractivity contribution in [3.63, 3.8) is 0 Å². The van der Waals surface area contributed by atoms with Crippen molar-refractivity contribution in [2.24, 2.45) is 4.99 Å². The Hall–Kier alpha value is -3.76. The Morgan fingerprint density at radius 3 is 2.71 bits per heavy atom. The third-order valence-corrected chi connectivity index (χ3v) is 6.74. The second-order valence-electron chi connectivity index (χ2n) is 7.51. The summed E-state index contributed by atoms with van der Waals surface area (Å²) in [6.45, 7) is 3.53. The van der Waals surface area contributed by atoms with Gasteiger partial charge in [-0.1, -0.05) is 47.2 Å². The van der Waals surface area contributed by atoms with E-state index in [9.17, 15) is 19.7 Å². The van der Waals surface area contributed by atoms with Crippen LogP contribution in [0.15, 0.2) is 63.5 Å². The van der Waals surface area contributed by atoms with Crippen LogP contribution in [0.2, 0.25) is 5.02 Å². The van der Waals surface area contributed by atoms with Gasteiger partial charge < -0.3 is 9.47 Å². The molecule has 0 amide bonds. The van der Waals surface area contributed by atoms with Crippen molar-refractivity contribution in [1.82, 2.24) is 4.57 Å². The highest BCUT2D eigenvalue weighted by molar-refractivity contribution is 7.07. The molecule has 1 aliphatic rings. The fraction of sp³-hybridized carbons (Fsp3) is 0.208. The van der Waals surface area contributed by atoms with Gasteiger partial charge in [-0.3, -0.25) is 19.5 Å². The summed E-state index contributed by atoms with van der Waals surface area (Å²) in [4.78, 5) is 42.2. The van der Waals surface area contributed by atoms with Gasteiger partial charge in [-0.15, -0.1) is 0 Å². The first-order valence-corrected chi connectivity index (χ1v) is 11.7. The monoisotopic (exact) mass is 513 g/mol. The molecule has 180 valence electrons. The molecule has 0 unspecified atom stereocenters. The number of carbonyl (C=O) groups excluding carboxylic acids is 1. The van der Waals surface area contributed by atoms with Crippen molar-refractivity contribution in [2.75, 3.05) is 13.7 Å². The predicted molar refractivity (Wildman–Crippen MR) is 131 cm³/mol. The Morgan fingerprint density at radius 1 is 1.31 bits per heavy atom. The van der Waals surface area contributed by atoms with Crippen LogP contribution in [0, 0.1) is 10.1 Å². The molecule has 2 heterocycles. The van der Waals surface area contributed by atoms with Crippen molar-refractivity contribution in [1.29, 1.82) is 0 Å². The van der Waals surface area contributed by atoms with E-state index in [0.717, 1.165) is 11.3 Å². The summed E-state index contributed by atoms with van der Waals surface area (Å²) < 4.78 is 12.0. The Kier molecular flexibility index (Phi) is 6.86. The van der Waals surface area contributed by atoms with E-state index in [1.54, 1.807) is 50.3 Å². The zero-order valence-electron chi connectivity index (χ0n) is 19.0. The van der Waals surface area contributed by atoms with Crippen LogP contribution in [0.5, 0.6) is 5.75 Å². The molecule has 1 aliphatic heterocycles. The predicted octanol–water partition coefficient (Wildman–Crippen LogP) is 3.37. The van der Waals surface area contributed by atoms with E-state index in [2.05, 4.69) is 4.99 Å². The third-order valence-electron chi connectivity index (χ3n) is 5.41. The number of nitrogens with zero attached hydrogens (tertiary/aromatic N) is 3. The Labute approximate surface area is 208 Å². The topological polar surface area (TPSA) is 113 Å². The quantitative estimate of drug-likeness (QED) is 0.284. The normalized spacial score (nSPS) is 15.4. The zero-order valence-corrected chi connectivity index (χ0v) is 20.6. The van der Waals surface area contributed by atoms with Crippen molar-refractivity contribution in [3.05, 3.63) is 99.7 Å². The van der Waals surface area contributed by atoms with Gasteiger partial charge in [0.15, 0.2) is 10.6 Å². The lowest BCUT2D eigenvalue weighted by molar-refractivity contribution is -0.385. The maximum absolute atomic E-state index is 13.6. The number of allylic oxidation sites excluding steroid dienone is 1. The van der Waals surface area contributed by atoms with Crippen LogP contribution >= 0.6 is 22.9 Å². The largest absolute Gasteiger partial charge is 0.490 e. The summed E-state index contributed by atoms with van der Waals surface area (Å²) in [5.74, 6) is -0.472. The number of carbonyl (C=O) groups is 1. The number of aromatic nitrogens is 1. The fourth-order valence-electron chi connectivity index (χ4n) is 3.87. The Bertz CT molecular complexity index is 1560.